The maximum Gasteiger partial charge on any atom is 0.337 e. The van der Waals surface area contributed by atoms with Gasteiger partial charge in [-0.25, -0.2) is 18.2 Å². The molecule has 0 unspecified atom stereocenters. The summed E-state index contributed by atoms with van der Waals surface area (Å²) in [6, 6.07) is 12.0. The summed E-state index contributed by atoms with van der Waals surface area (Å²) in [6.45, 7) is 2.75. The van der Waals surface area contributed by atoms with E-state index in [4.69, 9.17) is 0 Å². The van der Waals surface area contributed by atoms with Crippen molar-refractivity contribution in [2.45, 2.75) is 31.3 Å². The van der Waals surface area contributed by atoms with Crippen LogP contribution in [-0.2, 0) is 26.3 Å². The van der Waals surface area contributed by atoms with Gasteiger partial charge in [-0.1, -0.05) is 37.3 Å². The zero-order valence-electron chi connectivity index (χ0n) is 18.7. The Bertz CT molecular complexity index is 1190. The quantitative estimate of drug-likeness (QED) is 0.529. The molecule has 0 radical (unpaired) electrons. The second-order valence-corrected chi connectivity index (χ2v) is 10.9. The number of nitrogens with zero attached hydrogens (tertiary/aromatic N) is 3. The molecule has 0 bridgehead atoms. The number of anilines is 1. The molecule has 1 amide bonds. The van der Waals surface area contributed by atoms with E-state index >= 15 is 0 Å². The lowest BCUT2D eigenvalue weighted by Gasteiger charge is -2.33. The Balaban J connectivity index is 1.68. The molecule has 180 valence electrons. The minimum atomic E-state index is -3.81. The number of thioether (sulfide) groups is 1. The van der Waals surface area contributed by atoms with Gasteiger partial charge in [-0.2, -0.15) is 17.0 Å². The monoisotopic (exact) mass is 502 g/mol. The molecule has 3 rings (SSSR count). The number of piperidine rings is 1. The molecule has 2 heterocycles. The lowest BCUT2D eigenvalue weighted by atomic mass is 9.96. The standard InChI is InChI=1S/C23H26N4O5S2/c1-2-33-14-20-19(23(29)30)12-18(13-24)21(25-20)27-10-8-17(9-11-27)22(28)26-34(31,32)15-16-6-4-3-5-7-16/h3-7,12,17H,2,8-11,14-15H2,1H3,(H,26,28)(H,29,30). The van der Waals surface area contributed by atoms with Crippen LogP contribution in [0, 0.1) is 17.2 Å². The predicted octanol–water partition coefficient (Wildman–Crippen LogP) is 2.77. The average Bonchev–Trinajstić information content (AvgIpc) is 2.82. The molecule has 0 saturated carbocycles. The second kappa shape index (κ2) is 11.4. The molecule has 1 aliphatic heterocycles. The van der Waals surface area contributed by atoms with Crippen LogP contribution in [0.25, 0.3) is 0 Å². The predicted molar refractivity (Wildman–Crippen MR) is 130 cm³/mol. The Morgan fingerprint density at radius 2 is 1.94 bits per heavy atom. The van der Waals surface area contributed by atoms with Crippen molar-refractivity contribution in [2.75, 3.05) is 23.7 Å². The molecular formula is C23H26N4O5S2. The summed E-state index contributed by atoms with van der Waals surface area (Å²) < 4.78 is 27.0. The van der Waals surface area contributed by atoms with Crippen molar-refractivity contribution < 1.29 is 23.1 Å². The van der Waals surface area contributed by atoms with Crippen molar-refractivity contribution >= 4 is 39.5 Å². The summed E-state index contributed by atoms with van der Waals surface area (Å²) in [5.41, 5.74) is 1.17. The Morgan fingerprint density at radius 3 is 2.53 bits per heavy atom. The summed E-state index contributed by atoms with van der Waals surface area (Å²) in [6.07, 6.45) is 0.776. The highest BCUT2D eigenvalue weighted by Gasteiger charge is 2.30. The van der Waals surface area contributed by atoms with Gasteiger partial charge >= 0.3 is 5.97 Å². The van der Waals surface area contributed by atoms with Crippen molar-refractivity contribution in [3.05, 3.63) is 58.8 Å². The van der Waals surface area contributed by atoms with E-state index in [1.54, 1.807) is 30.3 Å². The smallest absolute Gasteiger partial charge is 0.337 e. The molecule has 2 aromatic rings. The highest BCUT2D eigenvalue weighted by atomic mass is 32.2. The molecule has 0 atom stereocenters. The molecule has 34 heavy (non-hydrogen) atoms. The first kappa shape index (κ1) is 25.5. The van der Waals surface area contributed by atoms with Crippen LogP contribution in [0.2, 0.25) is 0 Å². The number of aromatic nitrogens is 1. The summed E-state index contributed by atoms with van der Waals surface area (Å²) in [5.74, 6) is -0.823. The maximum atomic E-state index is 12.6. The third-order valence-electron chi connectivity index (χ3n) is 5.50. The van der Waals surface area contributed by atoms with Crippen molar-refractivity contribution in [3.63, 3.8) is 0 Å². The minimum absolute atomic E-state index is 0.0131. The molecule has 0 aliphatic carbocycles. The van der Waals surface area contributed by atoms with Crippen LogP contribution < -0.4 is 9.62 Å². The number of hydrogen-bond acceptors (Lipinski definition) is 8. The van der Waals surface area contributed by atoms with Gasteiger partial charge in [0, 0.05) is 24.8 Å². The summed E-state index contributed by atoms with van der Waals surface area (Å²) in [7, 11) is -3.81. The number of carbonyl (C=O) groups excluding carboxylic acids is 1. The zero-order valence-corrected chi connectivity index (χ0v) is 20.4. The number of carboxylic acid groups (broad SMARTS) is 1. The van der Waals surface area contributed by atoms with E-state index in [1.165, 1.54) is 17.8 Å². The fourth-order valence-electron chi connectivity index (χ4n) is 3.78. The number of rotatable bonds is 9. The van der Waals surface area contributed by atoms with Gasteiger partial charge in [0.25, 0.3) is 0 Å². The van der Waals surface area contributed by atoms with Crippen LogP contribution in [0.5, 0.6) is 0 Å². The zero-order chi connectivity index (χ0) is 24.7. The third-order valence-corrected chi connectivity index (χ3v) is 7.61. The number of sulfonamides is 1. The van der Waals surface area contributed by atoms with Gasteiger partial charge < -0.3 is 10.0 Å². The summed E-state index contributed by atoms with van der Waals surface area (Å²) >= 11 is 1.53. The van der Waals surface area contributed by atoms with E-state index in [0.717, 1.165) is 5.75 Å². The van der Waals surface area contributed by atoms with Gasteiger partial charge in [0.05, 0.1) is 22.6 Å². The fourth-order valence-corrected chi connectivity index (χ4v) is 5.57. The minimum Gasteiger partial charge on any atom is -0.478 e. The van der Waals surface area contributed by atoms with Gasteiger partial charge in [0.1, 0.15) is 11.9 Å². The normalized spacial score (nSPS) is 14.4. The van der Waals surface area contributed by atoms with E-state index in [9.17, 15) is 28.4 Å². The first-order valence-corrected chi connectivity index (χ1v) is 13.6. The molecule has 1 aromatic carbocycles. The average molecular weight is 503 g/mol. The Kier molecular flexibility index (Phi) is 8.52. The van der Waals surface area contributed by atoms with E-state index in [1.807, 2.05) is 17.9 Å². The first-order valence-electron chi connectivity index (χ1n) is 10.8. The van der Waals surface area contributed by atoms with Crippen LogP contribution in [0.1, 0.15) is 46.9 Å². The second-order valence-electron chi connectivity index (χ2n) is 7.88. The molecule has 1 fully saturated rings. The van der Waals surface area contributed by atoms with Crippen molar-refractivity contribution in [1.82, 2.24) is 9.71 Å². The molecule has 1 aromatic heterocycles. The number of pyridine rings is 1. The lowest BCUT2D eigenvalue weighted by molar-refractivity contribution is -0.123. The fraction of sp³-hybridized carbons (Fsp3) is 0.391. The number of amides is 1. The first-order chi connectivity index (χ1) is 16.2. The Labute approximate surface area is 203 Å². The third kappa shape index (κ3) is 6.48. The topological polar surface area (TPSA) is 140 Å². The Hall–Kier alpha value is -3.10. The molecule has 1 aliphatic rings. The van der Waals surface area contributed by atoms with Gasteiger partial charge in [-0.3, -0.25) is 9.52 Å². The number of hydrogen-bond donors (Lipinski definition) is 2. The summed E-state index contributed by atoms with van der Waals surface area (Å²) in [5, 5.41) is 19.1. The van der Waals surface area contributed by atoms with E-state index < -0.39 is 27.8 Å². The van der Waals surface area contributed by atoms with Crippen molar-refractivity contribution in [1.29, 1.82) is 5.26 Å². The lowest BCUT2D eigenvalue weighted by Crippen LogP contribution is -2.43. The Morgan fingerprint density at radius 1 is 1.26 bits per heavy atom. The van der Waals surface area contributed by atoms with E-state index in [2.05, 4.69) is 9.71 Å². The molecule has 2 N–H and O–H groups in total. The van der Waals surface area contributed by atoms with Crippen LogP contribution in [-0.4, -0.2) is 49.2 Å². The molecular weight excluding hydrogens is 476 g/mol. The maximum absolute atomic E-state index is 12.6. The summed E-state index contributed by atoms with van der Waals surface area (Å²) in [4.78, 5) is 30.6. The van der Waals surface area contributed by atoms with Crippen LogP contribution in [0.4, 0.5) is 5.82 Å². The number of nitrogens with one attached hydrogen (secondary N) is 1. The number of carbonyl (C=O) groups is 2. The van der Waals surface area contributed by atoms with Crippen LogP contribution in [0.3, 0.4) is 0 Å². The highest BCUT2D eigenvalue weighted by molar-refractivity contribution is 7.98. The van der Waals surface area contributed by atoms with Gasteiger partial charge in [-0.05, 0) is 30.2 Å². The largest absolute Gasteiger partial charge is 0.478 e. The van der Waals surface area contributed by atoms with Crippen LogP contribution in [0.15, 0.2) is 36.4 Å². The van der Waals surface area contributed by atoms with Crippen molar-refractivity contribution in [2.24, 2.45) is 5.92 Å². The molecule has 0 spiro atoms. The van der Waals surface area contributed by atoms with Gasteiger partial charge in [0.15, 0.2) is 0 Å². The van der Waals surface area contributed by atoms with E-state index in [0.29, 0.717) is 48.8 Å². The number of carboxylic acids is 1. The van der Waals surface area contributed by atoms with Crippen molar-refractivity contribution in [3.8, 4) is 6.07 Å². The number of nitriles is 1. The highest BCUT2D eigenvalue weighted by Crippen LogP contribution is 2.28. The van der Waals surface area contributed by atoms with Gasteiger partial charge in [0.2, 0.25) is 15.9 Å². The molecule has 9 nitrogen and oxygen atoms in total. The molecule has 11 heteroatoms. The number of benzene rings is 1. The molecule has 1 saturated heterocycles. The SMILES string of the molecule is CCSCc1nc(N2CCC(C(=O)NS(=O)(=O)Cc3ccccc3)CC2)c(C#N)cc1C(=O)O. The number of aromatic carboxylic acids is 1. The van der Waals surface area contributed by atoms with Crippen LogP contribution >= 0.6 is 11.8 Å². The van der Waals surface area contributed by atoms with E-state index in [-0.39, 0.29) is 16.9 Å². The van der Waals surface area contributed by atoms with Gasteiger partial charge in [-0.15, -0.1) is 0 Å².